The van der Waals surface area contributed by atoms with Gasteiger partial charge in [-0.3, -0.25) is 4.90 Å². The van der Waals surface area contributed by atoms with Gasteiger partial charge in [0.2, 0.25) is 5.82 Å². The van der Waals surface area contributed by atoms with E-state index in [1.807, 2.05) is 24.4 Å². The molecule has 1 unspecified atom stereocenters. The molecule has 156 valence electrons. The molecule has 30 heavy (non-hydrogen) atoms. The molecule has 6 nitrogen and oxygen atoms in total. The number of aromatic nitrogens is 2. The van der Waals surface area contributed by atoms with Gasteiger partial charge < -0.3 is 9.84 Å². The van der Waals surface area contributed by atoms with E-state index in [1.54, 1.807) is 17.0 Å². The number of urea groups is 1. The van der Waals surface area contributed by atoms with Crippen molar-refractivity contribution < 1.29 is 13.7 Å². The number of carbonyl (C=O) groups is 1. The first kappa shape index (κ1) is 20.3. The fraction of sp³-hybridized carbons (Fsp3) is 0.318. The minimum Gasteiger partial charge on any atom is -0.334 e. The monoisotopic (exact) mass is 426 g/mol. The van der Waals surface area contributed by atoms with Gasteiger partial charge >= 0.3 is 6.03 Å². The minimum absolute atomic E-state index is 0.181. The molecule has 0 saturated heterocycles. The maximum Gasteiger partial charge on any atom is 0.322 e. The molecule has 1 aromatic carbocycles. The molecule has 1 atom stereocenters. The van der Waals surface area contributed by atoms with Crippen molar-refractivity contribution in [3.05, 3.63) is 64.7 Å². The van der Waals surface area contributed by atoms with Crippen molar-refractivity contribution in [2.75, 3.05) is 6.54 Å². The number of thiophene rings is 1. The molecule has 0 radical (unpaired) electrons. The second-order valence-corrected chi connectivity index (χ2v) is 8.14. The zero-order chi connectivity index (χ0) is 21.1. The van der Waals surface area contributed by atoms with Crippen LogP contribution in [0.5, 0.6) is 0 Å². The first-order valence-corrected chi connectivity index (χ1v) is 10.9. The molecule has 3 aromatic rings. The normalized spacial score (nSPS) is 16.8. The van der Waals surface area contributed by atoms with Gasteiger partial charge in [0.25, 0.3) is 5.89 Å². The standard InChI is InChI=1S/C22H23FN4O2S/c1-3-4-5-12-27-14(2)18(21-25-20(26-29-21)17-7-6-13-30-17)19(24-22(27)28)15-8-10-16(23)11-9-15/h6-11,13,19H,3-5,12H2,1-2H3,(H,24,28). The van der Waals surface area contributed by atoms with E-state index >= 15 is 0 Å². The van der Waals surface area contributed by atoms with E-state index < -0.39 is 6.04 Å². The van der Waals surface area contributed by atoms with Crippen molar-refractivity contribution in [2.45, 2.75) is 39.2 Å². The van der Waals surface area contributed by atoms with Crippen molar-refractivity contribution in [1.82, 2.24) is 20.4 Å². The molecule has 0 spiro atoms. The number of unbranched alkanes of at least 4 members (excludes halogenated alkanes) is 2. The Morgan fingerprint density at radius 2 is 2.03 bits per heavy atom. The summed E-state index contributed by atoms with van der Waals surface area (Å²) >= 11 is 1.53. The van der Waals surface area contributed by atoms with Gasteiger partial charge in [-0.1, -0.05) is 43.1 Å². The average Bonchev–Trinajstić information content (AvgIpc) is 3.42. The SMILES string of the molecule is CCCCCN1C(=O)NC(c2ccc(F)cc2)C(c2nc(-c3cccs3)no2)=C1C. The van der Waals surface area contributed by atoms with Crippen LogP contribution in [0, 0.1) is 5.82 Å². The van der Waals surface area contributed by atoms with Crippen LogP contribution in [-0.4, -0.2) is 27.6 Å². The van der Waals surface area contributed by atoms with Gasteiger partial charge in [0.05, 0.1) is 16.5 Å². The molecule has 1 aliphatic rings. The lowest BCUT2D eigenvalue weighted by Crippen LogP contribution is -2.46. The molecule has 2 aromatic heterocycles. The summed E-state index contributed by atoms with van der Waals surface area (Å²) in [5, 5.41) is 9.11. The van der Waals surface area contributed by atoms with Gasteiger partial charge in [-0.05, 0) is 42.5 Å². The lowest BCUT2D eigenvalue weighted by molar-refractivity contribution is 0.204. The van der Waals surface area contributed by atoms with Crippen LogP contribution in [0.15, 0.2) is 52.0 Å². The summed E-state index contributed by atoms with van der Waals surface area (Å²) in [4.78, 5) is 20.1. The number of amides is 2. The summed E-state index contributed by atoms with van der Waals surface area (Å²) in [6, 6.07) is 9.26. The number of nitrogens with one attached hydrogen (secondary N) is 1. The van der Waals surface area contributed by atoms with Crippen LogP contribution in [-0.2, 0) is 0 Å². The second kappa shape index (κ2) is 8.79. The molecule has 0 bridgehead atoms. The highest BCUT2D eigenvalue weighted by Gasteiger charge is 2.35. The Labute approximate surface area is 178 Å². The Morgan fingerprint density at radius 3 is 2.73 bits per heavy atom. The smallest absolute Gasteiger partial charge is 0.322 e. The maximum atomic E-state index is 13.5. The Hall–Kier alpha value is -3.00. The van der Waals surface area contributed by atoms with Gasteiger partial charge in [-0.2, -0.15) is 4.98 Å². The van der Waals surface area contributed by atoms with Gasteiger partial charge in [0.15, 0.2) is 0 Å². The van der Waals surface area contributed by atoms with Crippen molar-refractivity contribution in [2.24, 2.45) is 0 Å². The van der Waals surface area contributed by atoms with Crippen LogP contribution in [0.1, 0.15) is 50.6 Å². The quantitative estimate of drug-likeness (QED) is 0.498. The Morgan fingerprint density at radius 1 is 1.23 bits per heavy atom. The van der Waals surface area contributed by atoms with Crippen molar-refractivity contribution in [3.63, 3.8) is 0 Å². The zero-order valence-corrected chi connectivity index (χ0v) is 17.7. The van der Waals surface area contributed by atoms with Crippen molar-refractivity contribution in [3.8, 4) is 10.7 Å². The fourth-order valence-corrected chi connectivity index (χ4v) is 4.24. The molecule has 3 heterocycles. The van der Waals surface area contributed by atoms with Crippen LogP contribution >= 0.6 is 11.3 Å². The molecule has 2 amide bonds. The van der Waals surface area contributed by atoms with Crippen molar-refractivity contribution >= 4 is 22.9 Å². The number of nitrogens with zero attached hydrogens (tertiary/aromatic N) is 3. The number of carbonyl (C=O) groups excluding carboxylic acids is 1. The molecule has 1 aliphatic heterocycles. The Bertz CT molecular complexity index is 1040. The van der Waals surface area contributed by atoms with Gasteiger partial charge in [0.1, 0.15) is 5.82 Å². The van der Waals surface area contributed by atoms with E-state index in [2.05, 4.69) is 22.4 Å². The number of allylic oxidation sites excluding steroid dienone is 1. The summed E-state index contributed by atoms with van der Waals surface area (Å²) < 4.78 is 19.1. The van der Waals surface area contributed by atoms with E-state index in [0.29, 0.717) is 18.3 Å². The molecule has 8 heteroatoms. The van der Waals surface area contributed by atoms with Crippen LogP contribution < -0.4 is 5.32 Å². The highest BCUT2D eigenvalue weighted by molar-refractivity contribution is 7.13. The van der Waals surface area contributed by atoms with E-state index in [0.717, 1.165) is 41.0 Å². The Balaban J connectivity index is 1.76. The summed E-state index contributed by atoms with van der Waals surface area (Å²) in [5.41, 5.74) is 2.25. The maximum absolute atomic E-state index is 13.5. The molecular weight excluding hydrogens is 403 g/mol. The first-order chi connectivity index (χ1) is 14.6. The van der Waals surface area contributed by atoms with Crippen molar-refractivity contribution in [1.29, 1.82) is 0 Å². The third-order valence-electron chi connectivity index (χ3n) is 5.18. The molecule has 0 saturated carbocycles. The third-order valence-corrected chi connectivity index (χ3v) is 6.05. The van der Waals surface area contributed by atoms with Crippen LogP contribution in [0.4, 0.5) is 9.18 Å². The summed E-state index contributed by atoms with van der Waals surface area (Å²) in [6.45, 7) is 4.63. The average molecular weight is 427 g/mol. The largest absolute Gasteiger partial charge is 0.334 e. The number of hydrogen-bond donors (Lipinski definition) is 1. The number of benzene rings is 1. The first-order valence-electron chi connectivity index (χ1n) is 10.0. The topological polar surface area (TPSA) is 71.3 Å². The fourth-order valence-electron chi connectivity index (χ4n) is 3.59. The van der Waals surface area contributed by atoms with E-state index in [1.165, 1.54) is 23.5 Å². The second-order valence-electron chi connectivity index (χ2n) is 7.19. The highest BCUT2D eigenvalue weighted by atomic mass is 32.1. The number of rotatable bonds is 7. The van der Waals surface area contributed by atoms with Gasteiger partial charge in [-0.25, -0.2) is 9.18 Å². The predicted octanol–water partition coefficient (Wildman–Crippen LogP) is 5.62. The zero-order valence-electron chi connectivity index (χ0n) is 16.9. The molecule has 4 rings (SSSR count). The Kier molecular flexibility index (Phi) is 5.94. The third kappa shape index (κ3) is 4.00. The number of halogens is 1. The van der Waals surface area contributed by atoms with Crippen LogP contribution in [0.2, 0.25) is 0 Å². The molecule has 0 fully saturated rings. The molecule has 1 N–H and O–H groups in total. The summed E-state index contributed by atoms with van der Waals surface area (Å²) in [5.74, 6) is 0.528. The minimum atomic E-state index is -0.503. The predicted molar refractivity (Wildman–Crippen MR) is 114 cm³/mol. The lowest BCUT2D eigenvalue weighted by atomic mass is 9.94. The van der Waals surface area contributed by atoms with Gasteiger partial charge in [0, 0.05) is 12.2 Å². The summed E-state index contributed by atoms with van der Waals surface area (Å²) in [6.07, 6.45) is 3.01. The highest BCUT2D eigenvalue weighted by Crippen LogP contribution is 2.37. The van der Waals surface area contributed by atoms with Crippen LogP contribution in [0.25, 0.3) is 16.3 Å². The van der Waals surface area contributed by atoms with E-state index in [9.17, 15) is 9.18 Å². The number of hydrogen-bond acceptors (Lipinski definition) is 5. The lowest BCUT2D eigenvalue weighted by Gasteiger charge is -2.35. The van der Waals surface area contributed by atoms with Crippen LogP contribution in [0.3, 0.4) is 0 Å². The summed E-state index contributed by atoms with van der Waals surface area (Å²) in [7, 11) is 0. The van der Waals surface area contributed by atoms with E-state index in [4.69, 9.17) is 4.52 Å². The molecular formula is C22H23FN4O2S. The molecule has 0 aliphatic carbocycles. The van der Waals surface area contributed by atoms with Gasteiger partial charge in [-0.15, -0.1) is 11.3 Å². The van der Waals surface area contributed by atoms with E-state index in [-0.39, 0.29) is 11.8 Å².